The summed E-state index contributed by atoms with van der Waals surface area (Å²) in [6.07, 6.45) is -2.59. The number of nitrogens with two attached hydrogens (primary N) is 1. The Hall–Kier alpha value is -6.90. The monoisotopic (exact) mass is 888 g/mol. The van der Waals surface area contributed by atoms with E-state index in [-0.39, 0.29) is 38.0 Å². The molecule has 20 heteroatoms. The Bertz CT molecular complexity index is 2090. The maximum Gasteiger partial charge on any atom is 0.328 e. The molecule has 0 bridgehead atoms. The quantitative estimate of drug-likeness (QED) is 0.0509. The molecular formula is C44H56N8O12. The second-order valence-electron chi connectivity index (χ2n) is 15.5. The summed E-state index contributed by atoms with van der Waals surface area (Å²) in [6, 6.07) is 14.9. The largest absolute Gasteiger partial charge is 0.508 e. The van der Waals surface area contributed by atoms with Gasteiger partial charge in [0, 0.05) is 25.8 Å². The van der Waals surface area contributed by atoms with Gasteiger partial charge < -0.3 is 63.0 Å². The van der Waals surface area contributed by atoms with Gasteiger partial charge in [0.1, 0.15) is 36.0 Å². The summed E-state index contributed by atoms with van der Waals surface area (Å²) >= 11 is 0. The average molecular weight is 889 g/mol. The molecule has 0 radical (unpaired) electrons. The molecule has 1 aliphatic rings. The minimum absolute atomic E-state index is 0.0538. The molecule has 7 amide bonds. The van der Waals surface area contributed by atoms with E-state index in [2.05, 4.69) is 31.9 Å². The number of aliphatic carboxylic acids is 1. The molecule has 12 N–H and O–H groups in total. The zero-order valence-corrected chi connectivity index (χ0v) is 35.4. The van der Waals surface area contributed by atoms with Crippen molar-refractivity contribution < 1.29 is 58.8 Å². The van der Waals surface area contributed by atoms with E-state index in [9.17, 15) is 58.8 Å². The summed E-state index contributed by atoms with van der Waals surface area (Å²) in [5.41, 5.74) is 7.35. The first-order chi connectivity index (χ1) is 30.5. The third kappa shape index (κ3) is 14.9. The Kier molecular flexibility index (Phi) is 18.7. The van der Waals surface area contributed by atoms with Gasteiger partial charge in [0.25, 0.3) is 0 Å². The molecule has 8 unspecified atom stereocenters. The van der Waals surface area contributed by atoms with Crippen LogP contribution in [0.25, 0.3) is 0 Å². The van der Waals surface area contributed by atoms with Crippen molar-refractivity contribution in [2.24, 2.45) is 5.73 Å². The third-order valence-corrected chi connectivity index (χ3v) is 10.4. The summed E-state index contributed by atoms with van der Waals surface area (Å²) in [5.74, 6) is -7.17. The van der Waals surface area contributed by atoms with E-state index in [1.165, 1.54) is 38.1 Å². The second kappa shape index (κ2) is 24.1. The molecule has 8 atom stereocenters. The van der Waals surface area contributed by atoms with Crippen LogP contribution in [0.2, 0.25) is 0 Å². The topological polar surface area (TPSA) is 319 Å². The van der Waals surface area contributed by atoms with Crippen LogP contribution in [-0.2, 0) is 57.6 Å². The number of aliphatic hydroxyl groups is 2. The van der Waals surface area contributed by atoms with Gasteiger partial charge >= 0.3 is 5.97 Å². The molecule has 64 heavy (non-hydrogen) atoms. The summed E-state index contributed by atoms with van der Waals surface area (Å²) in [6.45, 7) is 1.43. The van der Waals surface area contributed by atoms with Crippen molar-refractivity contribution in [3.63, 3.8) is 0 Å². The average Bonchev–Trinajstić information content (AvgIpc) is 3.77. The molecule has 0 aliphatic carbocycles. The summed E-state index contributed by atoms with van der Waals surface area (Å²) in [5, 5.41) is 54.7. The molecule has 1 aliphatic heterocycles. The van der Waals surface area contributed by atoms with Crippen LogP contribution in [0.4, 0.5) is 0 Å². The zero-order chi connectivity index (χ0) is 46.9. The molecule has 20 nitrogen and oxygen atoms in total. The van der Waals surface area contributed by atoms with Crippen LogP contribution in [0.1, 0.15) is 43.4 Å². The first-order valence-corrected chi connectivity index (χ1v) is 20.7. The number of hydrogen-bond acceptors (Lipinski definition) is 12. The lowest BCUT2D eigenvalue weighted by Crippen LogP contribution is -2.61. The number of aliphatic hydroxyl groups excluding tert-OH is 2. The Morgan fingerprint density at radius 1 is 0.641 bits per heavy atom. The van der Waals surface area contributed by atoms with Crippen molar-refractivity contribution in [3.8, 4) is 5.75 Å². The van der Waals surface area contributed by atoms with Crippen molar-refractivity contribution in [1.82, 2.24) is 36.8 Å². The number of carboxylic acids is 1. The van der Waals surface area contributed by atoms with Crippen LogP contribution in [0.3, 0.4) is 0 Å². The fourth-order valence-electron chi connectivity index (χ4n) is 7.00. The standard InChI is InChI=1S/C44H56N8O12/c1-25(53)37(43(62)46-24-36(57)52-19-9-14-34(52)42(61)51-38(26(2)54)44(63)64)50-41(60)33(22-29-15-17-30(55)18-16-29)49-40(59)32(21-28-12-7-4-8-13-28)48-39(58)31(47-35(56)23-45)20-27-10-5-3-6-11-27/h3-8,10-13,15-18,25-26,31-34,37-38,53-55H,9,14,19-24,45H2,1-2H3,(H,46,62)(H,47,56)(H,48,58)(H,49,59)(H,50,60)(H,51,61)(H,63,64). The molecule has 3 aromatic rings. The summed E-state index contributed by atoms with van der Waals surface area (Å²) in [7, 11) is 0. The molecule has 344 valence electrons. The van der Waals surface area contributed by atoms with Gasteiger partial charge in [-0.1, -0.05) is 72.8 Å². The molecule has 1 saturated heterocycles. The van der Waals surface area contributed by atoms with E-state index in [4.69, 9.17) is 5.73 Å². The number of carbonyl (C=O) groups excluding carboxylic acids is 7. The molecule has 0 spiro atoms. The smallest absolute Gasteiger partial charge is 0.328 e. The lowest BCUT2D eigenvalue weighted by atomic mass is 10.0. The predicted octanol–water partition coefficient (Wildman–Crippen LogP) is -2.24. The lowest BCUT2D eigenvalue weighted by Gasteiger charge is -2.28. The number of hydrogen-bond donors (Lipinski definition) is 11. The number of phenolic OH excluding ortho intramolecular Hbond substituents is 1. The van der Waals surface area contributed by atoms with Gasteiger partial charge in [-0.3, -0.25) is 33.6 Å². The van der Waals surface area contributed by atoms with E-state index in [0.717, 1.165) is 4.90 Å². The fourth-order valence-corrected chi connectivity index (χ4v) is 7.00. The van der Waals surface area contributed by atoms with E-state index in [1.807, 2.05) is 0 Å². The second-order valence-corrected chi connectivity index (χ2v) is 15.5. The van der Waals surface area contributed by atoms with Gasteiger partial charge in [-0.15, -0.1) is 0 Å². The van der Waals surface area contributed by atoms with Crippen LogP contribution < -0.4 is 37.6 Å². The third-order valence-electron chi connectivity index (χ3n) is 10.4. The van der Waals surface area contributed by atoms with Crippen LogP contribution >= 0.6 is 0 Å². The van der Waals surface area contributed by atoms with Crippen LogP contribution in [-0.4, -0.2) is 141 Å². The number of carboxylic acid groups (broad SMARTS) is 1. The van der Waals surface area contributed by atoms with E-state index < -0.39 is 109 Å². The van der Waals surface area contributed by atoms with Crippen LogP contribution in [0.15, 0.2) is 84.9 Å². The Morgan fingerprint density at radius 3 is 1.58 bits per heavy atom. The maximum atomic E-state index is 14.3. The first kappa shape index (κ1) is 49.8. The van der Waals surface area contributed by atoms with Gasteiger partial charge in [-0.25, -0.2) is 4.79 Å². The maximum absolute atomic E-state index is 14.3. The highest BCUT2D eigenvalue weighted by atomic mass is 16.4. The number of rotatable bonds is 22. The van der Waals surface area contributed by atoms with Crippen molar-refractivity contribution in [3.05, 3.63) is 102 Å². The highest BCUT2D eigenvalue weighted by molar-refractivity contribution is 5.97. The number of phenols is 1. The normalized spacial score (nSPS) is 16.6. The van der Waals surface area contributed by atoms with E-state index in [1.54, 1.807) is 60.7 Å². The van der Waals surface area contributed by atoms with Gasteiger partial charge in [0.05, 0.1) is 25.3 Å². The number of aromatic hydroxyl groups is 1. The van der Waals surface area contributed by atoms with Gasteiger partial charge in [-0.2, -0.15) is 0 Å². The molecule has 4 rings (SSSR count). The first-order valence-electron chi connectivity index (χ1n) is 20.7. The van der Waals surface area contributed by atoms with Gasteiger partial charge in [-0.05, 0) is 55.5 Å². The Labute approximate surface area is 369 Å². The van der Waals surface area contributed by atoms with Crippen molar-refractivity contribution in [2.45, 2.75) is 94.4 Å². The lowest BCUT2D eigenvalue weighted by molar-refractivity contribution is -0.146. The van der Waals surface area contributed by atoms with Crippen molar-refractivity contribution >= 4 is 47.3 Å². The molecule has 0 aromatic heterocycles. The number of carbonyl (C=O) groups is 8. The molecular weight excluding hydrogens is 833 g/mol. The molecule has 1 fully saturated rings. The summed E-state index contributed by atoms with van der Waals surface area (Å²) < 4.78 is 0. The number of likely N-dealkylation sites (tertiary alicyclic amines) is 1. The molecule has 0 saturated carbocycles. The number of nitrogens with zero attached hydrogens (tertiary/aromatic N) is 1. The molecule has 3 aromatic carbocycles. The van der Waals surface area contributed by atoms with Crippen LogP contribution in [0.5, 0.6) is 5.75 Å². The van der Waals surface area contributed by atoms with Crippen molar-refractivity contribution in [1.29, 1.82) is 0 Å². The fraction of sp³-hybridized carbons (Fsp3) is 0.409. The number of nitrogens with one attached hydrogen (secondary N) is 6. The van der Waals surface area contributed by atoms with Gasteiger partial charge in [0.2, 0.25) is 41.4 Å². The summed E-state index contributed by atoms with van der Waals surface area (Å²) in [4.78, 5) is 107. The highest BCUT2D eigenvalue weighted by Gasteiger charge is 2.38. The zero-order valence-electron chi connectivity index (χ0n) is 35.4. The van der Waals surface area contributed by atoms with E-state index in [0.29, 0.717) is 23.1 Å². The minimum Gasteiger partial charge on any atom is -0.508 e. The Balaban J connectivity index is 1.53. The minimum atomic E-state index is -1.68. The molecule has 1 heterocycles. The van der Waals surface area contributed by atoms with E-state index >= 15 is 0 Å². The van der Waals surface area contributed by atoms with Crippen LogP contribution in [0, 0.1) is 0 Å². The highest BCUT2D eigenvalue weighted by Crippen LogP contribution is 2.18. The van der Waals surface area contributed by atoms with Crippen molar-refractivity contribution in [2.75, 3.05) is 19.6 Å². The Morgan fingerprint density at radius 2 is 1.11 bits per heavy atom. The predicted molar refractivity (Wildman–Crippen MR) is 230 cm³/mol. The van der Waals surface area contributed by atoms with Gasteiger partial charge in [0.15, 0.2) is 6.04 Å². The SMILES string of the molecule is CC(O)C(NC(=O)C1CCCN1C(=O)CNC(=O)C(NC(=O)C(Cc1ccc(O)cc1)NC(=O)C(Cc1ccccc1)NC(=O)C(Cc1ccccc1)NC(=O)CN)C(C)O)C(=O)O. The number of benzene rings is 3. The number of amides is 7.